The van der Waals surface area contributed by atoms with Gasteiger partial charge in [-0.2, -0.15) is 0 Å². The number of nitrogens with zero attached hydrogens (tertiary/aromatic N) is 1. The number of rotatable bonds is 9. The molecule has 0 aliphatic carbocycles. The molecule has 1 rings (SSSR count). The fourth-order valence-electron chi connectivity index (χ4n) is 1.89. The molecule has 0 heterocycles. The van der Waals surface area contributed by atoms with Gasteiger partial charge < -0.3 is 15.6 Å². The minimum Gasteiger partial charge on any atom is -0.395 e. The molecule has 0 aliphatic heterocycles. The normalized spacial score (nSPS) is 12.9. The summed E-state index contributed by atoms with van der Waals surface area (Å²) in [4.78, 5) is 2.17. The van der Waals surface area contributed by atoms with Crippen molar-refractivity contribution in [1.29, 1.82) is 0 Å². The van der Waals surface area contributed by atoms with Crippen LogP contribution >= 0.6 is 0 Å². The van der Waals surface area contributed by atoms with E-state index >= 15 is 0 Å². The lowest BCUT2D eigenvalue weighted by molar-refractivity contribution is 0.128. The smallest absolute Gasteiger partial charge is 0.0589 e. The molecule has 1 unspecified atom stereocenters. The standard InChI is InChI=1S/C14H24N2O2/c1-18-12-10-16(9-11-17)8-7-14(15)13-5-3-2-4-6-13/h2-6,14,17H,7-12,15H2,1H3. The van der Waals surface area contributed by atoms with Gasteiger partial charge in [-0.1, -0.05) is 30.3 Å². The largest absolute Gasteiger partial charge is 0.395 e. The molecule has 1 aromatic rings. The summed E-state index contributed by atoms with van der Waals surface area (Å²) in [7, 11) is 1.69. The third-order valence-corrected chi connectivity index (χ3v) is 3.01. The van der Waals surface area contributed by atoms with Crippen LogP contribution in [-0.2, 0) is 4.74 Å². The van der Waals surface area contributed by atoms with Gasteiger partial charge in [0.25, 0.3) is 0 Å². The predicted octanol–water partition coefficient (Wildman–Crippen LogP) is 1.02. The summed E-state index contributed by atoms with van der Waals surface area (Å²) in [6.07, 6.45) is 0.883. The zero-order chi connectivity index (χ0) is 13.2. The summed E-state index contributed by atoms with van der Waals surface area (Å²) >= 11 is 0. The summed E-state index contributed by atoms with van der Waals surface area (Å²) in [5.74, 6) is 0. The Balaban J connectivity index is 2.36. The summed E-state index contributed by atoms with van der Waals surface area (Å²) < 4.78 is 5.06. The van der Waals surface area contributed by atoms with Crippen LogP contribution in [0.1, 0.15) is 18.0 Å². The summed E-state index contributed by atoms with van der Waals surface area (Å²) in [6.45, 7) is 3.23. The Morgan fingerprint density at radius 1 is 1.22 bits per heavy atom. The first kappa shape index (κ1) is 15.1. The number of aliphatic hydroxyl groups is 1. The lowest BCUT2D eigenvalue weighted by Gasteiger charge is -2.22. The van der Waals surface area contributed by atoms with Gasteiger partial charge >= 0.3 is 0 Å². The lowest BCUT2D eigenvalue weighted by atomic mass is 10.0. The molecule has 0 bridgehead atoms. The second-order valence-corrected chi connectivity index (χ2v) is 4.36. The Bertz CT molecular complexity index is 306. The van der Waals surface area contributed by atoms with Crippen molar-refractivity contribution in [2.75, 3.05) is 40.0 Å². The molecule has 0 saturated carbocycles. The third-order valence-electron chi connectivity index (χ3n) is 3.01. The molecule has 4 nitrogen and oxygen atoms in total. The van der Waals surface area contributed by atoms with Crippen molar-refractivity contribution in [3.8, 4) is 0 Å². The van der Waals surface area contributed by atoms with Crippen LogP contribution in [-0.4, -0.2) is 50.0 Å². The highest BCUT2D eigenvalue weighted by Crippen LogP contribution is 2.13. The molecule has 3 N–H and O–H groups in total. The highest BCUT2D eigenvalue weighted by molar-refractivity contribution is 5.18. The average Bonchev–Trinajstić information content (AvgIpc) is 2.42. The van der Waals surface area contributed by atoms with E-state index < -0.39 is 0 Å². The molecule has 4 heteroatoms. The second kappa shape index (κ2) is 9.05. The molecule has 0 aliphatic rings. The number of ether oxygens (including phenoxy) is 1. The van der Waals surface area contributed by atoms with E-state index in [0.29, 0.717) is 13.2 Å². The van der Waals surface area contributed by atoms with Crippen molar-refractivity contribution in [2.24, 2.45) is 5.73 Å². The van der Waals surface area contributed by atoms with Crippen LogP contribution in [0.2, 0.25) is 0 Å². The Morgan fingerprint density at radius 3 is 2.56 bits per heavy atom. The zero-order valence-corrected chi connectivity index (χ0v) is 11.1. The predicted molar refractivity (Wildman–Crippen MR) is 73.4 cm³/mol. The molecular weight excluding hydrogens is 228 g/mol. The van der Waals surface area contributed by atoms with Gasteiger partial charge in [0.15, 0.2) is 0 Å². The molecule has 1 aromatic carbocycles. The SMILES string of the molecule is COCCN(CCO)CCC(N)c1ccccc1. The number of nitrogens with two attached hydrogens (primary N) is 1. The first-order valence-corrected chi connectivity index (χ1v) is 6.40. The number of methoxy groups -OCH3 is 1. The minimum atomic E-state index is 0.0509. The van der Waals surface area contributed by atoms with Crippen LogP contribution in [0.15, 0.2) is 30.3 Å². The molecular formula is C14H24N2O2. The highest BCUT2D eigenvalue weighted by atomic mass is 16.5. The van der Waals surface area contributed by atoms with E-state index in [0.717, 1.165) is 25.1 Å². The number of benzene rings is 1. The highest BCUT2D eigenvalue weighted by Gasteiger charge is 2.09. The molecule has 0 fully saturated rings. The van der Waals surface area contributed by atoms with Crippen LogP contribution in [0, 0.1) is 0 Å². The van der Waals surface area contributed by atoms with Crippen LogP contribution in [0.3, 0.4) is 0 Å². The second-order valence-electron chi connectivity index (χ2n) is 4.36. The van der Waals surface area contributed by atoms with Crippen molar-refractivity contribution in [3.63, 3.8) is 0 Å². The summed E-state index contributed by atoms with van der Waals surface area (Å²) in [6, 6.07) is 10.2. The van der Waals surface area contributed by atoms with Crippen molar-refractivity contribution < 1.29 is 9.84 Å². The minimum absolute atomic E-state index is 0.0509. The Hall–Kier alpha value is -0.940. The third kappa shape index (κ3) is 5.60. The molecule has 0 radical (unpaired) electrons. The van der Waals surface area contributed by atoms with E-state index in [9.17, 15) is 0 Å². The Labute approximate surface area is 109 Å². The molecule has 0 aromatic heterocycles. The van der Waals surface area contributed by atoms with Gasteiger partial charge in [-0.3, -0.25) is 4.90 Å². The van der Waals surface area contributed by atoms with Crippen molar-refractivity contribution in [1.82, 2.24) is 4.90 Å². The van der Waals surface area contributed by atoms with Crippen molar-refractivity contribution in [3.05, 3.63) is 35.9 Å². The van der Waals surface area contributed by atoms with Gasteiger partial charge in [-0.05, 0) is 12.0 Å². The van der Waals surface area contributed by atoms with E-state index in [2.05, 4.69) is 17.0 Å². The van der Waals surface area contributed by atoms with Gasteiger partial charge in [-0.25, -0.2) is 0 Å². The first-order chi connectivity index (χ1) is 8.77. The van der Waals surface area contributed by atoms with Gasteiger partial charge in [0.2, 0.25) is 0 Å². The van der Waals surface area contributed by atoms with Crippen LogP contribution < -0.4 is 5.73 Å². The Morgan fingerprint density at radius 2 is 1.94 bits per heavy atom. The van der Waals surface area contributed by atoms with Gasteiger partial charge in [-0.15, -0.1) is 0 Å². The van der Waals surface area contributed by atoms with E-state index in [-0.39, 0.29) is 12.6 Å². The van der Waals surface area contributed by atoms with E-state index in [1.165, 1.54) is 0 Å². The van der Waals surface area contributed by atoms with E-state index in [1.807, 2.05) is 18.2 Å². The van der Waals surface area contributed by atoms with Crippen molar-refractivity contribution >= 4 is 0 Å². The van der Waals surface area contributed by atoms with Gasteiger partial charge in [0.1, 0.15) is 0 Å². The maximum atomic E-state index is 9.00. The molecule has 0 amide bonds. The van der Waals surface area contributed by atoms with E-state index in [4.69, 9.17) is 15.6 Å². The van der Waals surface area contributed by atoms with Crippen LogP contribution in [0.5, 0.6) is 0 Å². The Kier molecular flexibility index (Phi) is 7.60. The van der Waals surface area contributed by atoms with E-state index in [1.54, 1.807) is 7.11 Å². The fourth-order valence-corrected chi connectivity index (χ4v) is 1.89. The monoisotopic (exact) mass is 252 g/mol. The molecule has 1 atom stereocenters. The quantitative estimate of drug-likeness (QED) is 0.689. The molecule has 0 saturated heterocycles. The number of hydrogen-bond donors (Lipinski definition) is 2. The molecule has 0 spiro atoms. The first-order valence-electron chi connectivity index (χ1n) is 6.40. The fraction of sp³-hybridized carbons (Fsp3) is 0.571. The molecule has 18 heavy (non-hydrogen) atoms. The van der Waals surface area contributed by atoms with Gasteiger partial charge in [0.05, 0.1) is 13.2 Å². The molecule has 102 valence electrons. The summed E-state index contributed by atoms with van der Waals surface area (Å²) in [5, 5.41) is 9.00. The van der Waals surface area contributed by atoms with Crippen LogP contribution in [0.4, 0.5) is 0 Å². The topological polar surface area (TPSA) is 58.7 Å². The number of aliphatic hydroxyl groups excluding tert-OH is 1. The summed E-state index contributed by atoms with van der Waals surface area (Å²) in [5.41, 5.74) is 7.31. The lowest BCUT2D eigenvalue weighted by Crippen LogP contribution is -2.32. The maximum Gasteiger partial charge on any atom is 0.0589 e. The van der Waals surface area contributed by atoms with Gasteiger partial charge in [0, 0.05) is 32.8 Å². The van der Waals surface area contributed by atoms with Crippen molar-refractivity contribution in [2.45, 2.75) is 12.5 Å². The zero-order valence-electron chi connectivity index (χ0n) is 11.1. The van der Waals surface area contributed by atoms with Crippen LogP contribution in [0.25, 0.3) is 0 Å². The number of hydrogen-bond acceptors (Lipinski definition) is 4. The maximum absolute atomic E-state index is 9.00. The average molecular weight is 252 g/mol.